The van der Waals surface area contributed by atoms with Crippen molar-refractivity contribution < 1.29 is 14.6 Å². The first-order valence-electron chi connectivity index (χ1n) is 7.41. The lowest BCUT2D eigenvalue weighted by Crippen LogP contribution is -2.36. The highest BCUT2D eigenvalue weighted by atomic mass is 16.5. The molecule has 4 nitrogen and oxygen atoms in total. The molecule has 3 rings (SSSR count). The summed E-state index contributed by atoms with van der Waals surface area (Å²) in [6.45, 7) is 2.74. The number of ether oxygens (including phenoxy) is 1. The van der Waals surface area contributed by atoms with Gasteiger partial charge in [-0.25, -0.2) is 0 Å². The van der Waals surface area contributed by atoms with Crippen LogP contribution in [-0.4, -0.2) is 41.7 Å². The molecule has 1 fully saturated rings. The van der Waals surface area contributed by atoms with Crippen molar-refractivity contribution in [1.82, 2.24) is 4.90 Å². The normalized spacial score (nSPS) is 26.0. The van der Waals surface area contributed by atoms with Gasteiger partial charge in [0.15, 0.2) is 0 Å². The zero-order valence-corrected chi connectivity index (χ0v) is 11.6. The molecule has 20 heavy (non-hydrogen) atoms. The topological polar surface area (TPSA) is 49.8 Å². The Bertz CT molecular complexity index is 488. The minimum Gasteiger partial charge on any atom is -0.493 e. The number of benzene rings is 1. The van der Waals surface area contributed by atoms with Crippen LogP contribution in [0.3, 0.4) is 0 Å². The van der Waals surface area contributed by atoms with Gasteiger partial charge in [0, 0.05) is 18.5 Å². The summed E-state index contributed by atoms with van der Waals surface area (Å²) < 4.78 is 5.70. The fourth-order valence-corrected chi connectivity index (χ4v) is 3.46. The fourth-order valence-electron chi connectivity index (χ4n) is 3.46. The highest BCUT2D eigenvalue weighted by molar-refractivity contribution is 5.67. The fraction of sp³-hybridized carbons (Fsp3) is 0.562. The van der Waals surface area contributed by atoms with Crippen LogP contribution in [0, 0.1) is 0 Å². The minimum atomic E-state index is -0.686. The Morgan fingerprint density at radius 1 is 1.35 bits per heavy atom. The van der Waals surface area contributed by atoms with Gasteiger partial charge >= 0.3 is 5.97 Å². The molecule has 2 aliphatic rings. The van der Waals surface area contributed by atoms with Gasteiger partial charge < -0.3 is 9.84 Å². The third-order valence-electron chi connectivity index (χ3n) is 4.45. The van der Waals surface area contributed by atoms with Gasteiger partial charge in [-0.2, -0.15) is 0 Å². The van der Waals surface area contributed by atoms with Crippen LogP contribution in [0.25, 0.3) is 0 Å². The highest BCUT2D eigenvalue weighted by Gasteiger charge is 2.30. The molecule has 108 valence electrons. The molecule has 1 saturated heterocycles. The van der Waals surface area contributed by atoms with E-state index >= 15 is 0 Å². The molecule has 0 bridgehead atoms. The lowest BCUT2D eigenvalue weighted by atomic mass is 9.92. The van der Waals surface area contributed by atoms with Crippen molar-refractivity contribution in [2.24, 2.45) is 0 Å². The second kappa shape index (κ2) is 5.83. The molecule has 0 saturated carbocycles. The Morgan fingerprint density at radius 3 is 3.05 bits per heavy atom. The smallest absolute Gasteiger partial charge is 0.304 e. The minimum absolute atomic E-state index is 0.211. The van der Waals surface area contributed by atoms with E-state index in [1.54, 1.807) is 0 Å². The Morgan fingerprint density at radius 2 is 2.20 bits per heavy atom. The monoisotopic (exact) mass is 275 g/mol. The predicted octanol–water partition coefficient (Wildman–Crippen LogP) is 2.49. The largest absolute Gasteiger partial charge is 0.493 e. The first kappa shape index (κ1) is 13.4. The van der Waals surface area contributed by atoms with Crippen LogP contribution in [0.2, 0.25) is 0 Å². The molecule has 0 amide bonds. The SMILES string of the molecule is O=C(O)CC1CCCN1CC1CCOc2ccccc21. The average molecular weight is 275 g/mol. The van der Waals surface area contributed by atoms with Gasteiger partial charge in [0.25, 0.3) is 0 Å². The predicted molar refractivity (Wildman–Crippen MR) is 76.1 cm³/mol. The number of carboxylic acid groups (broad SMARTS) is 1. The number of aliphatic carboxylic acids is 1. The van der Waals surface area contributed by atoms with E-state index in [1.165, 1.54) is 5.56 Å². The van der Waals surface area contributed by atoms with Gasteiger partial charge in [0.2, 0.25) is 0 Å². The number of hydrogen-bond donors (Lipinski definition) is 1. The van der Waals surface area contributed by atoms with Crippen LogP contribution in [0.1, 0.15) is 37.2 Å². The van der Waals surface area contributed by atoms with Gasteiger partial charge in [-0.05, 0) is 37.4 Å². The number of carbonyl (C=O) groups is 1. The number of para-hydroxylation sites is 1. The zero-order chi connectivity index (χ0) is 13.9. The molecule has 0 aliphatic carbocycles. The van der Waals surface area contributed by atoms with E-state index in [1.807, 2.05) is 12.1 Å². The molecule has 2 atom stereocenters. The number of hydrogen-bond acceptors (Lipinski definition) is 3. The van der Waals surface area contributed by atoms with E-state index in [4.69, 9.17) is 9.84 Å². The van der Waals surface area contributed by atoms with E-state index in [-0.39, 0.29) is 12.5 Å². The average Bonchev–Trinajstić information content (AvgIpc) is 2.86. The summed E-state index contributed by atoms with van der Waals surface area (Å²) in [6, 6.07) is 8.44. The van der Waals surface area contributed by atoms with Gasteiger partial charge in [-0.1, -0.05) is 18.2 Å². The molecular formula is C16H21NO3. The quantitative estimate of drug-likeness (QED) is 0.917. The maximum absolute atomic E-state index is 10.9. The van der Waals surface area contributed by atoms with Crippen molar-refractivity contribution in [3.8, 4) is 5.75 Å². The van der Waals surface area contributed by atoms with E-state index < -0.39 is 5.97 Å². The molecule has 1 N–H and O–H groups in total. The summed E-state index contributed by atoms with van der Waals surface area (Å²) in [5.74, 6) is 0.779. The molecule has 2 aliphatic heterocycles. The molecule has 0 aromatic heterocycles. The molecule has 2 heterocycles. The van der Waals surface area contributed by atoms with Crippen molar-refractivity contribution >= 4 is 5.97 Å². The van der Waals surface area contributed by atoms with E-state index in [0.717, 1.165) is 44.7 Å². The maximum Gasteiger partial charge on any atom is 0.304 e. The number of nitrogens with zero attached hydrogens (tertiary/aromatic N) is 1. The van der Waals surface area contributed by atoms with Crippen molar-refractivity contribution in [1.29, 1.82) is 0 Å². The van der Waals surface area contributed by atoms with E-state index in [9.17, 15) is 4.79 Å². The van der Waals surface area contributed by atoms with E-state index in [2.05, 4.69) is 17.0 Å². The molecule has 1 aromatic carbocycles. The molecule has 2 unspecified atom stereocenters. The number of likely N-dealkylation sites (tertiary alicyclic amines) is 1. The first-order valence-corrected chi connectivity index (χ1v) is 7.41. The van der Waals surface area contributed by atoms with Crippen LogP contribution in [0.4, 0.5) is 0 Å². The molecule has 1 aromatic rings. The second-order valence-electron chi connectivity index (χ2n) is 5.76. The number of rotatable bonds is 4. The van der Waals surface area contributed by atoms with Gasteiger partial charge in [-0.3, -0.25) is 9.69 Å². The van der Waals surface area contributed by atoms with Crippen molar-refractivity contribution in [3.63, 3.8) is 0 Å². The van der Waals surface area contributed by atoms with Crippen molar-refractivity contribution in [3.05, 3.63) is 29.8 Å². The summed E-state index contributed by atoms with van der Waals surface area (Å²) in [4.78, 5) is 13.3. The Hall–Kier alpha value is -1.55. The van der Waals surface area contributed by atoms with Crippen molar-refractivity contribution in [2.45, 2.75) is 37.6 Å². The van der Waals surface area contributed by atoms with Gasteiger partial charge in [0.1, 0.15) is 5.75 Å². The Balaban J connectivity index is 1.70. The van der Waals surface area contributed by atoms with Crippen LogP contribution in [0.15, 0.2) is 24.3 Å². The molecule has 0 radical (unpaired) electrons. The molecule has 0 spiro atoms. The Kier molecular flexibility index (Phi) is 3.92. The Labute approximate surface area is 119 Å². The van der Waals surface area contributed by atoms with Crippen molar-refractivity contribution in [2.75, 3.05) is 19.7 Å². The van der Waals surface area contributed by atoms with Gasteiger partial charge in [-0.15, -0.1) is 0 Å². The molecule has 4 heteroatoms. The van der Waals surface area contributed by atoms with Crippen LogP contribution in [-0.2, 0) is 4.79 Å². The number of carboxylic acids is 1. The maximum atomic E-state index is 10.9. The van der Waals surface area contributed by atoms with Crippen LogP contribution in [0.5, 0.6) is 5.75 Å². The van der Waals surface area contributed by atoms with Crippen LogP contribution >= 0.6 is 0 Å². The van der Waals surface area contributed by atoms with Crippen LogP contribution < -0.4 is 4.74 Å². The third kappa shape index (κ3) is 2.80. The summed E-state index contributed by atoms with van der Waals surface area (Å²) in [7, 11) is 0. The zero-order valence-electron chi connectivity index (χ0n) is 11.6. The standard InChI is InChI=1S/C16H21NO3/c18-16(19)10-13-4-3-8-17(13)11-12-7-9-20-15-6-2-1-5-14(12)15/h1-2,5-6,12-13H,3-4,7-11H2,(H,18,19). The summed E-state index contributed by atoms with van der Waals surface area (Å²) >= 11 is 0. The summed E-state index contributed by atoms with van der Waals surface area (Å²) in [5.41, 5.74) is 1.28. The third-order valence-corrected chi connectivity index (χ3v) is 4.45. The lowest BCUT2D eigenvalue weighted by Gasteiger charge is -2.32. The highest BCUT2D eigenvalue weighted by Crippen LogP contribution is 2.35. The molecular weight excluding hydrogens is 254 g/mol. The lowest BCUT2D eigenvalue weighted by molar-refractivity contribution is -0.138. The van der Waals surface area contributed by atoms with E-state index in [0.29, 0.717) is 5.92 Å². The second-order valence-corrected chi connectivity index (χ2v) is 5.76. The summed E-state index contributed by atoms with van der Waals surface area (Å²) in [6.07, 6.45) is 3.41. The summed E-state index contributed by atoms with van der Waals surface area (Å²) in [5, 5.41) is 9.01. The van der Waals surface area contributed by atoms with Gasteiger partial charge in [0.05, 0.1) is 13.0 Å². The first-order chi connectivity index (χ1) is 9.74. The number of fused-ring (bicyclic) bond motifs is 1.